The van der Waals surface area contributed by atoms with Crippen LogP contribution in [0.5, 0.6) is 0 Å². The average molecular weight is 431 g/mol. The van der Waals surface area contributed by atoms with Crippen LogP contribution >= 0.6 is 0 Å². The second-order valence-corrected chi connectivity index (χ2v) is 10.1. The van der Waals surface area contributed by atoms with E-state index in [9.17, 15) is 13.2 Å². The Kier molecular flexibility index (Phi) is 6.95. The first-order valence-electron chi connectivity index (χ1n) is 10.4. The highest BCUT2D eigenvalue weighted by atomic mass is 32.2. The highest BCUT2D eigenvalue weighted by molar-refractivity contribution is 7.89. The van der Waals surface area contributed by atoms with E-state index in [1.54, 1.807) is 4.31 Å². The van der Waals surface area contributed by atoms with Crippen molar-refractivity contribution in [1.29, 1.82) is 0 Å². The van der Waals surface area contributed by atoms with E-state index in [2.05, 4.69) is 5.32 Å². The number of benzene rings is 2. The molecule has 2 aromatic rings. The van der Waals surface area contributed by atoms with Gasteiger partial charge in [0.05, 0.1) is 37.1 Å². The monoisotopic (exact) mass is 430 g/mol. The fraction of sp³-hybridized carbons (Fsp3) is 0.435. The van der Waals surface area contributed by atoms with Crippen molar-refractivity contribution in [3.63, 3.8) is 0 Å². The van der Waals surface area contributed by atoms with Gasteiger partial charge in [0.25, 0.3) is 5.91 Å². The Bertz CT molecular complexity index is 975. The first kappa shape index (κ1) is 22.5. The Morgan fingerprint density at radius 3 is 2.20 bits per heavy atom. The maximum absolute atomic E-state index is 13.2. The number of piperazine rings is 1. The van der Waals surface area contributed by atoms with Gasteiger partial charge in [-0.1, -0.05) is 48.0 Å². The minimum absolute atomic E-state index is 0.0112. The summed E-state index contributed by atoms with van der Waals surface area (Å²) in [6.45, 7) is 10.1. The summed E-state index contributed by atoms with van der Waals surface area (Å²) in [6.07, 6.45) is 0. The van der Waals surface area contributed by atoms with Crippen LogP contribution in [0, 0.1) is 20.8 Å². The molecule has 0 radical (unpaired) electrons. The normalized spacial score (nSPS) is 16.9. The molecule has 6 nitrogen and oxygen atoms in total. The first-order chi connectivity index (χ1) is 14.2. The summed E-state index contributed by atoms with van der Waals surface area (Å²) in [6, 6.07) is 13.6. The summed E-state index contributed by atoms with van der Waals surface area (Å²) in [4.78, 5) is 14.0. The van der Waals surface area contributed by atoms with Gasteiger partial charge in [-0.05, 0) is 44.4 Å². The molecule has 0 bridgehead atoms. The van der Waals surface area contributed by atoms with Gasteiger partial charge in [0, 0.05) is 0 Å². The summed E-state index contributed by atoms with van der Waals surface area (Å²) in [5.74, 6) is -0.0112. The third-order valence-corrected chi connectivity index (χ3v) is 7.92. The molecule has 1 fully saturated rings. The molecule has 1 heterocycles. The van der Waals surface area contributed by atoms with Crippen molar-refractivity contribution in [2.24, 2.45) is 0 Å². The second-order valence-electron chi connectivity index (χ2n) is 8.26. The van der Waals surface area contributed by atoms with Crippen molar-refractivity contribution >= 4 is 15.9 Å². The summed E-state index contributed by atoms with van der Waals surface area (Å²) in [5.41, 5.74) is 3.71. The van der Waals surface area contributed by atoms with Gasteiger partial charge in [0.1, 0.15) is 0 Å². The van der Waals surface area contributed by atoms with E-state index in [0.29, 0.717) is 37.6 Å². The van der Waals surface area contributed by atoms with Gasteiger partial charge in [0.15, 0.2) is 6.54 Å². The Labute approximate surface area is 179 Å². The van der Waals surface area contributed by atoms with Crippen molar-refractivity contribution in [3.05, 3.63) is 64.7 Å². The standard InChI is InChI=1S/C23H31N3O3S/c1-17-14-18(2)23(19(3)15-17)30(28,29)26-12-10-25(11-13-26)16-22(27)24-20(4)21-8-6-5-7-9-21/h5-9,14-15,20H,10-13,16H2,1-4H3,(H,24,27)/p+1/t20-/m1/s1. The molecular weight excluding hydrogens is 398 g/mol. The Balaban J connectivity index is 1.57. The second kappa shape index (κ2) is 9.29. The molecule has 0 spiro atoms. The summed E-state index contributed by atoms with van der Waals surface area (Å²) >= 11 is 0. The van der Waals surface area contributed by atoms with Crippen molar-refractivity contribution < 1.29 is 18.1 Å². The van der Waals surface area contributed by atoms with Crippen LogP contribution in [0.3, 0.4) is 0 Å². The maximum atomic E-state index is 13.2. The zero-order valence-electron chi connectivity index (χ0n) is 18.2. The lowest BCUT2D eigenvalue weighted by atomic mass is 10.1. The van der Waals surface area contributed by atoms with Gasteiger partial charge < -0.3 is 10.2 Å². The molecular formula is C23H32N3O3S+. The highest BCUT2D eigenvalue weighted by Crippen LogP contribution is 2.25. The number of aryl methyl sites for hydroxylation is 3. The summed E-state index contributed by atoms with van der Waals surface area (Å²) in [7, 11) is -3.53. The molecule has 1 atom stereocenters. The smallest absolute Gasteiger partial charge is 0.275 e. The summed E-state index contributed by atoms with van der Waals surface area (Å²) in [5, 5.41) is 3.04. The van der Waals surface area contributed by atoms with E-state index in [4.69, 9.17) is 0 Å². The van der Waals surface area contributed by atoms with Crippen LogP contribution in [0.15, 0.2) is 47.4 Å². The molecule has 2 N–H and O–H groups in total. The molecule has 0 aromatic heterocycles. The van der Waals surface area contributed by atoms with Crippen LogP contribution in [0.25, 0.3) is 0 Å². The lowest BCUT2D eigenvalue weighted by Gasteiger charge is -2.32. The zero-order valence-corrected chi connectivity index (χ0v) is 19.1. The van der Waals surface area contributed by atoms with E-state index in [1.165, 1.54) is 0 Å². The van der Waals surface area contributed by atoms with Crippen molar-refractivity contribution in [1.82, 2.24) is 9.62 Å². The number of nitrogens with one attached hydrogen (secondary N) is 2. The van der Waals surface area contributed by atoms with Gasteiger partial charge in [0.2, 0.25) is 10.0 Å². The molecule has 7 heteroatoms. The first-order valence-corrected chi connectivity index (χ1v) is 11.9. The van der Waals surface area contributed by atoms with Gasteiger partial charge in [-0.3, -0.25) is 4.79 Å². The lowest BCUT2D eigenvalue weighted by molar-refractivity contribution is -0.895. The van der Waals surface area contributed by atoms with Gasteiger partial charge in [-0.2, -0.15) is 4.31 Å². The van der Waals surface area contributed by atoms with Crippen LogP contribution in [-0.4, -0.2) is 51.4 Å². The number of quaternary nitrogens is 1. The number of carbonyl (C=O) groups excluding carboxylic acids is 1. The lowest BCUT2D eigenvalue weighted by Crippen LogP contribution is -3.15. The van der Waals surface area contributed by atoms with Crippen molar-refractivity contribution in [2.45, 2.75) is 38.6 Å². The molecule has 1 amide bonds. The van der Waals surface area contributed by atoms with Crippen LogP contribution < -0.4 is 10.2 Å². The molecule has 1 aliphatic rings. The fourth-order valence-corrected chi connectivity index (χ4v) is 6.12. The SMILES string of the molecule is Cc1cc(C)c(S(=O)(=O)N2CC[NH+](CC(=O)N[C@H](C)c3ccccc3)CC2)c(C)c1. The van der Waals surface area contributed by atoms with E-state index in [-0.39, 0.29) is 11.9 Å². The topological polar surface area (TPSA) is 70.9 Å². The molecule has 162 valence electrons. The molecule has 0 saturated carbocycles. The van der Waals surface area contributed by atoms with Crippen molar-refractivity contribution in [2.75, 3.05) is 32.7 Å². The van der Waals surface area contributed by atoms with Crippen molar-refractivity contribution in [3.8, 4) is 0 Å². The Hall–Kier alpha value is -2.22. The van der Waals surface area contributed by atoms with E-state index >= 15 is 0 Å². The highest BCUT2D eigenvalue weighted by Gasteiger charge is 2.33. The molecule has 30 heavy (non-hydrogen) atoms. The number of nitrogens with zero attached hydrogens (tertiary/aromatic N) is 1. The minimum Gasteiger partial charge on any atom is -0.345 e. The number of sulfonamides is 1. The van der Waals surface area contributed by atoms with Gasteiger partial charge >= 0.3 is 0 Å². The quantitative estimate of drug-likeness (QED) is 0.727. The molecule has 1 saturated heterocycles. The number of rotatable bonds is 6. The molecule has 0 aliphatic carbocycles. The third kappa shape index (κ3) is 5.09. The predicted molar refractivity (Wildman–Crippen MR) is 118 cm³/mol. The minimum atomic E-state index is -3.53. The van der Waals surface area contributed by atoms with Crippen LogP contribution in [0.1, 0.15) is 35.2 Å². The van der Waals surface area contributed by atoms with Crippen LogP contribution in [-0.2, 0) is 14.8 Å². The predicted octanol–water partition coefficient (Wildman–Crippen LogP) is 1.38. The van der Waals surface area contributed by atoms with E-state index in [1.807, 2.05) is 70.2 Å². The number of hydrogen-bond donors (Lipinski definition) is 2. The van der Waals surface area contributed by atoms with Crippen LogP contribution in [0.4, 0.5) is 0 Å². The molecule has 3 rings (SSSR count). The Morgan fingerprint density at radius 1 is 1.07 bits per heavy atom. The van der Waals surface area contributed by atoms with Crippen LogP contribution in [0.2, 0.25) is 0 Å². The van der Waals surface area contributed by atoms with Gasteiger partial charge in [-0.15, -0.1) is 0 Å². The molecule has 0 unspecified atom stereocenters. The number of amides is 1. The summed E-state index contributed by atoms with van der Waals surface area (Å²) < 4.78 is 28.0. The van der Waals surface area contributed by atoms with E-state index in [0.717, 1.165) is 27.2 Å². The van der Waals surface area contributed by atoms with E-state index < -0.39 is 10.0 Å². The average Bonchev–Trinajstić information content (AvgIpc) is 2.68. The van der Waals surface area contributed by atoms with Gasteiger partial charge in [-0.25, -0.2) is 8.42 Å². The third-order valence-electron chi connectivity index (χ3n) is 5.72. The fourth-order valence-electron chi connectivity index (χ4n) is 4.27. The largest absolute Gasteiger partial charge is 0.345 e. The number of carbonyl (C=O) groups is 1. The zero-order chi connectivity index (χ0) is 21.9. The number of hydrogen-bond acceptors (Lipinski definition) is 3. The maximum Gasteiger partial charge on any atom is 0.275 e. The molecule has 1 aliphatic heterocycles. The molecule has 2 aromatic carbocycles. The Morgan fingerprint density at radius 2 is 1.63 bits per heavy atom.